The predicted octanol–water partition coefficient (Wildman–Crippen LogP) is 2.47. The Balaban J connectivity index is 1.29. The fraction of sp³-hybridized carbons (Fsp3) is 0.450. The van der Waals surface area contributed by atoms with Gasteiger partial charge < -0.3 is 25.3 Å². The van der Waals surface area contributed by atoms with E-state index in [0.717, 1.165) is 50.9 Å². The first kappa shape index (κ1) is 18.5. The van der Waals surface area contributed by atoms with E-state index in [1.54, 1.807) is 12.4 Å². The zero-order chi connectivity index (χ0) is 19.3. The maximum atomic E-state index is 12.2. The van der Waals surface area contributed by atoms with E-state index in [1.807, 2.05) is 24.3 Å². The number of carbonyl (C=O) groups excluding carboxylic acids is 1. The molecule has 2 aliphatic rings. The predicted molar refractivity (Wildman–Crippen MR) is 112 cm³/mol. The van der Waals surface area contributed by atoms with Crippen molar-refractivity contribution in [1.82, 2.24) is 14.9 Å². The maximum Gasteiger partial charge on any atom is 0.323 e. The first-order valence-corrected chi connectivity index (χ1v) is 9.86. The summed E-state index contributed by atoms with van der Waals surface area (Å²) in [5.41, 5.74) is 1.33. The smallest absolute Gasteiger partial charge is 0.323 e. The van der Waals surface area contributed by atoms with Crippen molar-refractivity contribution in [2.75, 3.05) is 66.7 Å². The minimum absolute atomic E-state index is 0.301. The Bertz CT molecular complexity index is 779. The number of amides is 2. The lowest BCUT2D eigenvalue weighted by molar-refractivity contribution is 0.262. The third kappa shape index (κ3) is 4.51. The van der Waals surface area contributed by atoms with Crippen LogP contribution in [0.15, 0.2) is 36.7 Å². The molecule has 2 N–H and O–H groups in total. The Morgan fingerprint density at radius 3 is 1.75 bits per heavy atom. The minimum Gasteiger partial charge on any atom is -0.357 e. The third-order valence-electron chi connectivity index (χ3n) is 5.27. The third-order valence-corrected chi connectivity index (χ3v) is 5.27. The normalized spacial score (nSPS) is 17.6. The molecule has 2 amide bonds. The number of carbonyl (C=O) groups is 1. The number of anilines is 4. The van der Waals surface area contributed by atoms with Crippen molar-refractivity contribution in [3.63, 3.8) is 0 Å². The molecule has 0 aliphatic carbocycles. The second-order valence-electron chi connectivity index (χ2n) is 7.37. The molecule has 4 rings (SSSR count). The summed E-state index contributed by atoms with van der Waals surface area (Å²) in [7, 11) is 2.13. The molecule has 8 heteroatoms. The Kier molecular flexibility index (Phi) is 5.57. The first-order valence-electron chi connectivity index (χ1n) is 9.86. The molecule has 2 aromatic rings. The van der Waals surface area contributed by atoms with Crippen LogP contribution >= 0.6 is 0 Å². The van der Waals surface area contributed by atoms with E-state index in [0.29, 0.717) is 11.4 Å². The molecule has 0 atom stereocenters. The fourth-order valence-electron chi connectivity index (χ4n) is 3.57. The molecule has 8 nitrogen and oxygen atoms in total. The summed E-state index contributed by atoms with van der Waals surface area (Å²) in [6.07, 6.45) is 5.82. The van der Waals surface area contributed by atoms with Crippen molar-refractivity contribution in [3.05, 3.63) is 36.7 Å². The Labute approximate surface area is 165 Å². The van der Waals surface area contributed by atoms with Gasteiger partial charge in [0.25, 0.3) is 0 Å². The van der Waals surface area contributed by atoms with Crippen LogP contribution in [0.3, 0.4) is 0 Å². The number of hydrogen-bond donors (Lipinski definition) is 2. The number of likely N-dealkylation sites (N-methyl/N-ethyl adjacent to an activating group) is 1. The monoisotopic (exact) mass is 381 g/mol. The van der Waals surface area contributed by atoms with Crippen molar-refractivity contribution < 1.29 is 4.79 Å². The summed E-state index contributed by atoms with van der Waals surface area (Å²) in [4.78, 5) is 28.0. The molecular formula is C20H27N7O. The van der Waals surface area contributed by atoms with Crippen molar-refractivity contribution in [3.8, 4) is 0 Å². The van der Waals surface area contributed by atoms with Crippen molar-refractivity contribution in [2.24, 2.45) is 0 Å². The number of nitrogens with zero attached hydrogens (tertiary/aromatic N) is 5. The zero-order valence-electron chi connectivity index (χ0n) is 16.3. The second kappa shape index (κ2) is 8.43. The Morgan fingerprint density at radius 2 is 1.29 bits per heavy atom. The van der Waals surface area contributed by atoms with Crippen LogP contribution in [-0.2, 0) is 0 Å². The number of urea groups is 1. The van der Waals surface area contributed by atoms with Crippen LogP contribution in [0.5, 0.6) is 0 Å². The molecule has 4 heterocycles. The highest BCUT2D eigenvalue weighted by Gasteiger charge is 2.15. The lowest BCUT2D eigenvalue weighted by Gasteiger charge is -2.33. The van der Waals surface area contributed by atoms with Gasteiger partial charge in [0, 0.05) is 39.3 Å². The number of pyridine rings is 2. The van der Waals surface area contributed by atoms with E-state index in [-0.39, 0.29) is 6.03 Å². The van der Waals surface area contributed by atoms with E-state index < -0.39 is 0 Å². The van der Waals surface area contributed by atoms with Crippen LogP contribution < -0.4 is 20.4 Å². The van der Waals surface area contributed by atoms with Crippen molar-refractivity contribution in [2.45, 2.75) is 12.8 Å². The molecule has 0 unspecified atom stereocenters. The minimum atomic E-state index is -0.301. The van der Waals surface area contributed by atoms with Crippen molar-refractivity contribution >= 4 is 29.0 Å². The van der Waals surface area contributed by atoms with Crippen LogP contribution in [0, 0.1) is 0 Å². The fourth-order valence-corrected chi connectivity index (χ4v) is 3.57. The summed E-state index contributed by atoms with van der Waals surface area (Å²) < 4.78 is 0. The molecule has 0 bridgehead atoms. The molecule has 148 valence electrons. The van der Waals surface area contributed by atoms with Crippen LogP contribution in [0.2, 0.25) is 0 Å². The summed E-state index contributed by atoms with van der Waals surface area (Å²) >= 11 is 0. The van der Waals surface area contributed by atoms with Gasteiger partial charge in [-0.15, -0.1) is 0 Å². The van der Waals surface area contributed by atoms with Gasteiger partial charge >= 0.3 is 6.03 Å². The number of nitrogens with one attached hydrogen (secondary N) is 2. The van der Waals surface area contributed by atoms with E-state index in [9.17, 15) is 4.79 Å². The molecule has 0 radical (unpaired) electrons. The van der Waals surface area contributed by atoms with Gasteiger partial charge in [0.15, 0.2) is 0 Å². The summed E-state index contributed by atoms with van der Waals surface area (Å²) in [5.74, 6) is 1.91. The van der Waals surface area contributed by atoms with Gasteiger partial charge in [-0.2, -0.15) is 0 Å². The first-order chi connectivity index (χ1) is 13.7. The SMILES string of the molecule is CN1CCN(c2ccc(NC(=O)Nc3ccc(N4CCCC4)nc3)cn2)CC1. The number of hydrogen-bond acceptors (Lipinski definition) is 6. The van der Waals surface area contributed by atoms with Gasteiger partial charge in [-0.1, -0.05) is 0 Å². The topological polar surface area (TPSA) is 76.6 Å². The molecule has 2 aromatic heterocycles. The van der Waals surface area contributed by atoms with E-state index in [1.165, 1.54) is 12.8 Å². The van der Waals surface area contributed by atoms with Gasteiger partial charge in [-0.3, -0.25) is 0 Å². The van der Waals surface area contributed by atoms with Crippen LogP contribution in [0.1, 0.15) is 12.8 Å². The van der Waals surface area contributed by atoms with Crippen molar-refractivity contribution in [1.29, 1.82) is 0 Å². The van der Waals surface area contributed by atoms with Crippen LogP contribution in [-0.4, -0.2) is 67.2 Å². The van der Waals surface area contributed by atoms with Gasteiger partial charge in [-0.05, 0) is 44.2 Å². The summed E-state index contributed by atoms with van der Waals surface area (Å²) in [6, 6.07) is 7.37. The molecule has 2 aliphatic heterocycles. The number of rotatable bonds is 4. The molecule has 0 saturated carbocycles. The molecule has 2 saturated heterocycles. The average Bonchev–Trinajstić information content (AvgIpc) is 3.25. The highest BCUT2D eigenvalue weighted by molar-refractivity contribution is 5.99. The standard InChI is InChI=1S/C20H27N7O/c1-25-10-12-27(13-11-25)19-7-5-17(15-22-19)24-20(28)23-16-4-6-18(21-14-16)26-8-2-3-9-26/h4-7,14-15H,2-3,8-13H2,1H3,(H2,23,24,28). The Hall–Kier alpha value is -2.87. The Morgan fingerprint density at radius 1 is 0.786 bits per heavy atom. The second-order valence-corrected chi connectivity index (χ2v) is 7.37. The van der Waals surface area contributed by atoms with Crippen LogP contribution in [0.4, 0.5) is 27.8 Å². The molecule has 0 spiro atoms. The van der Waals surface area contributed by atoms with Gasteiger partial charge in [0.2, 0.25) is 0 Å². The van der Waals surface area contributed by atoms with Gasteiger partial charge in [-0.25, -0.2) is 14.8 Å². The van der Waals surface area contributed by atoms with Gasteiger partial charge in [0.1, 0.15) is 11.6 Å². The highest BCUT2D eigenvalue weighted by Crippen LogP contribution is 2.20. The maximum absolute atomic E-state index is 12.2. The molecule has 0 aromatic carbocycles. The largest absolute Gasteiger partial charge is 0.357 e. The quantitative estimate of drug-likeness (QED) is 0.847. The molecule has 28 heavy (non-hydrogen) atoms. The number of piperazine rings is 1. The summed E-state index contributed by atoms with van der Waals surface area (Å²) in [5, 5.41) is 5.64. The summed E-state index contributed by atoms with van der Waals surface area (Å²) in [6.45, 7) is 6.12. The average molecular weight is 381 g/mol. The van der Waals surface area contributed by atoms with E-state index >= 15 is 0 Å². The lowest BCUT2D eigenvalue weighted by atomic mass is 10.3. The lowest BCUT2D eigenvalue weighted by Crippen LogP contribution is -2.44. The number of aromatic nitrogens is 2. The molecule has 2 fully saturated rings. The molecular weight excluding hydrogens is 354 g/mol. The van der Waals surface area contributed by atoms with E-state index in [4.69, 9.17) is 0 Å². The van der Waals surface area contributed by atoms with E-state index in [2.05, 4.69) is 42.3 Å². The van der Waals surface area contributed by atoms with Gasteiger partial charge in [0.05, 0.1) is 23.8 Å². The zero-order valence-corrected chi connectivity index (χ0v) is 16.3. The highest BCUT2D eigenvalue weighted by atomic mass is 16.2. The van der Waals surface area contributed by atoms with Crippen LogP contribution in [0.25, 0.3) is 0 Å².